The molecular formula is C8H13N3OS. The number of aromatic nitrogens is 2. The summed E-state index contributed by atoms with van der Waals surface area (Å²) in [5.41, 5.74) is 1.25. The van der Waals surface area contributed by atoms with Gasteiger partial charge in [-0.3, -0.25) is 4.79 Å². The summed E-state index contributed by atoms with van der Waals surface area (Å²) in [5.74, 6) is -0.00764. The standard InChI is InChI=1S/C8H13N3OS/c1-4-8(2,3)6(12)10-7-11-9-5-13-7/h5H,4H2,1-3H3,(H,10,11,12). The molecule has 0 radical (unpaired) electrons. The van der Waals surface area contributed by atoms with Crippen molar-refractivity contribution in [3.8, 4) is 0 Å². The number of amides is 1. The predicted molar refractivity (Wildman–Crippen MR) is 52.6 cm³/mol. The molecule has 0 atom stereocenters. The van der Waals surface area contributed by atoms with E-state index < -0.39 is 0 Å². The summed E-state index contributed by atoms with van der Waals surface area (Å²) in [6.07, 6.45) is 0.803. The van der Waals surface area contributed by atoms with Crippen LogP contribution in [0, 0.1) is 5.41 Å². The van der Waals surface area contributed by atoms with Gasteiger partial charge >= 0.3 is 0 Å². The van der Waals surface area contributed by atoms with Crippen molar-refractivity contribution in [2.75, 3.05) is 5.32 Å². The highest BCUT2D eigenvalue weighted by atomic mass is 32.1. The van der Waals surface area contributed by atoms with E-state index in [4.69, 9.17) is 0 Å². The molecule has 0 spiro atoms. The Kier molecular flexibility index (Phi) is 2.98. The van der Waals surface area contributed by atoms with E-state index in [1.807, 2.05) is 20.8 Å². The lowest BCUT2D eigenvalue weighted by atomic mass is 9.89. The monoisotopic (exact) mass is 199 g/mol. The third-order valence-corrected chi connectivity index (χ3v) is 2.69. The van der Waals surface area contributed by atoms with Gasteiger partial charge in [0.2, 0.25) is 11.0 Å². The van der Waals surface area contributed by atoms with Crippen molar-refractivity contribution in [3.05, 3.63) is 5.51 Å². The van der Waals surface area contributed by atoms with Crippen LogP contribution >= 0.6 is 11.3 Å². The molecule has 0 aliphatic heterocycles. The highest BCUT2D eigenvalue weighted by Crippen LogP contribution is 2.22. The lowest BCUT2D eigenvalue weighted by molar-refractivity contribution is -0.124. The van der Waals surface area contributed by atoms with Crippen molar-refractivity contribution in [1.29, 1.82) is 0 Å². The van der Waals surface area contributed by atoms with Gasteiger partial charge in [0, 0.05) is 5.41 Å². The second-order valence-electron chi connectivity index (χ2n) is 3.44. The Hall–Kier alpha value is -0.970. The largest absolute Gasteiger partial charge is 0.300 e. The van der Waals surface area contributed by atoms with Gasteiger partial charge in [-0.05, 0) is 6.42 Å². The molecule has 72 valence electrons. The number of anilines is 1. The zero-order valence-corrected chi connectivity index (χ0v) is 8.81. The lowest BCUT2D eigenvalue weighted by Crippen LogP contribution is -2.29. The Morgan fingerprint density at radius 1 is 1.69 bits per heavy atom. The number of carbonyl (C=O) groups is 1. The summed E-state index contributed by atoms with van der Waals surface area (Å²) < 4.78 is 0. The van der Waals surface area contributed by atoms with Crippen molar-refractivity contribution < 1.29 is 4.79 Å². The molecule has 5 heteroatoms. The van der Waals surface area contributed by atoms with Crippen LogP contribution in [-0.2, 0) is 4.79 Å². The first-order valence-corrected chi connectivity index (χ1v) is 5.02. The topological polar surface area (TPSA) is 54.9 Å². The quantitative estimate of drug-likeness (QED) is 0.809. The van der Waals surface area contributed by atoms with Crippen LogP contribution in [0.3, 0.4) is 0 Å². The molecule has 4 nitrogen and oxygen atoms in total. The van der Waals surface area contributed by atoms with Crippen LogP contribution in [0.15, 0.2) is 5.51 Å². The van der Waals surface area contributed by atoms with Gasteiger partial charge < -0.3 is 5.32 Å². The van der Waals surface area contributed by atoms with Crippen molar-refractivity contribution in [2.24, 2.45) is 5.41 Å². The Labute approximate surface area is 81.4 Å². The maximum absolute atomic E-state index is 11.6. The molecule has 1 amide bonds. The molecular weight excluding hydrogens is 186 g/mol. The summed E-state index contributed by atoms with van der Waals surface area (Å²) >= 11 is 1.32. The normalized spacial score (nSPS) is 11.3. The molecule has 0 fully saturated rings. The van der Waals surface area contributed by atoms with Crippen LogP contribution in [0.25, 0.3) is 0 Å². The Morgan fingerprint density at radius 3 is 2.85 bits per heavy atom. The van der Waals surface area contributed by atoms with E-state index in [2.05, 4.69) is 15.5 Å². The average Bonchev–Trinajstić information content (AvgIpc) is 2.57. The lowest BCUT2D eigenvalue weighted by Gasteiger charge is -2.19. The molecule has 13 heavy (non-hydrogen) atoms. The third-order valence-electron chi connectivity index (χ3n) is 2.08. The smallest absolute Gasteiger partial charge is 0.231 e. The van der Waals surface area contributed by atoms with Crippen molar-refractivity contribution in [2.45, 2.75) is 27.2 Å². The van der Waals surface area contributed by atoms with Gasteiger partial charge in [-0.1, -0.05) is 32.1 Å². The molecule has 1 aromatic heterocycles. The fourth-order valence-electron chi connectivity index (χ4n) is 0.654. The first-order chi connectivity index (χ1) is 6.06. The fraction of sp³-hybridized carbons (Fsp3) is 0.625. The summed E-state index contributed by atoms with van der Waals surface area (Å²) in [6, 6.07) is 0. The van der Waals surface area contributed by atoms with E-state index in [0.717, 1.165) is 6.42 Å². The van der Waals surface area contributed by atoms with Gasteiger partial charge in [0.25, 0.3) is 0 Å². The van der Waals surface area contributed by atoms with Gasteiger partial charge in [-0.15, -0.1) is 10.2 Å². The van der Waals surface area contributed by atoms with Crippen LogP contribution in [0.1, 0.15) is 27.2 Å². The maximum atomic E-state index is 11.6. The molecule has 0 saturated carbocycles. The molecule has 0 saturated heterocycles. The van der Waals surface area contributed by atoms with Gasteiger partial charge in [0.05, 0.1) is 0 Å². The summed E-state index contributed by atoms with van der Waals surface area (Å²) in [4.78, 5) is 11.6. The molecule has 1 heterocycles. The first-order valence-electron chi connectivity index (χ1n) is 4.14. The third kappa shape index (κ3) is 2.48. The Balaban J connectivity index is 2.61. The van der Waals surface area contributed by atoms with Crippen LogP contribution in [0.5, 0.6) is 0 Å². The second-order valence-corrected chi connectivity index (χ2v) is 4.27. The minimum absolute atomic E-state index is 0.00764. The number of carbonyl (C=O) groups excluding carboxylic acids is 1. The molecule has 0 bridgehead atoms. The van der Waals surface area contributed by atoms with Crippen LogP contribution in [0.2, 0.25) is 0 Å². The summed E-state index contributed by atoms with van der Waals surface area (Å²) in [7, 11) is 0. The highest BCUT2D eigenvalue weighted by molar-refractivity contribution is 7.13. The van der Waals surface area contributed by atoms with E-state index in [0.29, 0.717) is 5.13 Å². The number of nitrogens with one attached hydrogen (secondary N) is 1. The van der Waals surface area contributed by atoms with Crippen LogP contribution in [-0.4, -0.2) is 16.1 Å². The molecule has 0 aliphatic rings. The SMILES string of the molecule is CCC(C)(C)C(=O)Nc1nncs1. The average molecular weight is 199 g/mol. The predicted octanol–water partition coefficient (Wildman–Crippen LogP) is 1.91. The zero-order chi connectivity index (χ0) is 9.90. The summed E-state index contributed by atoms with van der Waals surface area (Å²) in [6.45, 7) is 5.80. The molecule has 1 aromatic rings. The van der Waals surface area contributed by atoms with Crippen LogP contribution in [0.4, 0.5) is 5.13 Å². The van der Waals surface area contributed by atoms with Crippen LogP contribution < -0.4 is 5.32 Å². The molecule has 1 rings (SSSR count). The Morgan fingerprint density at radius 2 is 2.38 bits per heavy atom. The van der Waals surface area contributed by atoms with E-state index >= 15 is 0 Å². The molecule has 0 unspecified atom stereocenters. The van der Waals surface area contributed by atoms with E-state index in [1.165, 1.54) is 11.3 Å². The van der Waals surface area contributed by atoms with E-state index in [1.54, 1.807) is 5.51 Å². The first kappa shape index (κ1) is 10.1. The number of rotatable bonds is 3. The van der Waals surface area contributed by atoms with Gasteiger partial charge in [-0.2, -0.15) is 0 Å². The second kappa shape index (κ2) is 3.83. The minimum atomic E-state index is -0.342. The van der Waals surface area contributed by atoms with E-state index in [-0.39, 0.29) is 11.3 Å². The van der Waals surface area contributed by atoms with Gasteiger partial charge in [-0.25, -0.2) is 0 Å². The molecule has 0 aromatic carbocycles. The van der Waals surface area contributed by atoms with Crippen molar-refractivity contribution in [1.82, 2.24) is 10.2 Å². The fourth-order valence-corrected chi connectivity index (χ4v) is 1.09. The van der Waals surface area contributed by atoms with Crippen molar-refractivity contribution in [3.63, 3.8) is 0 Å². The number of nitrogens with zero attached hydrogens (tertiary/aromatic N) is 2. The highest BCUT2D eigenvalue weighted by Gasteiger charge is 2.25. The zero-order valence-electron chi connectivity index (χ0n) is 8.00. The minimum Gasteiger partial charge on any atom is -0.300 e. The number of hydrogen-bond acceptors (Lipinski definition) is 4. The maximum Gasteiger partial charge on any atom is 0.231 e. The number of hydrogen-bond donors (Lipinski definition) is 1. The molecule has 0 aliphatic carbocycles. The van der Waals surface area contributed by atoms with E-state index in [9.17, 15) is 4.79 Å². The summed E-state index contributed by atoms with van der Waals surface area (Å²) in [5, 5.41) is 10.7. The van der Waals surface area contributed by atoms with Gasteiger partial charge in [0.1, 0.15) is 5.51 Å². The Bertz CT molecular complexity index is 282. The molecule has 1 N–H and O–H groups in total. The van der Waals surface area contributed by atoms with Crippen molar-refractivity contribution >= 4 is 22.4 Å². The van der Waals surface area contributed by atoms with Gasteiger partial charge in [0.15, 0.2) is 0 Å².